The maximum Gasteiger partial charge on any atom is 3.00 e. The van der Waals surface area contributed by atoms with E-state index in [1.54, 1.807) is 0 Å². The summed E-state index contributed by atoms with van der Waals surface area (Å²) in [6.45, 7) is 11.2. The van der Waals surface area contributed by atoms with Crippen molar-refractivity contribution in [2.45, 2.75) is 0 Å². The fourth-order valence-corrected chi connectivity index (χ4v) is 0. The summed E-state index contributed by atoms with van der Waals surface area (Å²) in [7, 11) is 0. The third kappa shape index (κ3) is 5560. The largest absolute Gasteiger partial charge is 3.00 e. The summed E-state index contributed by atoms with van der Waals surface area (Å²) in [5, 5.41) is 6.25. The average molecular weight is 199 g/mol. The first-order chi connectivity index (χ1) is 3.00. The molecule has 0 spiro atoms. The van der Waals surface area contributed by atoms with E-state index in [2.05, 4.69) is 13.6 Å². The first-order valence-electron chi connectivity index (χ1n) is 0.695. The zero-order valence-corrected chi connectivity index (χ0v) is 5.68. The molecule has 3 nitrogen and oxygen atoms in total. The number of hydrogen-bond donors (Lipinski definition) is 0. The Hall–Kier alpha value is -0.157. The molecular weight excluding hydrogens is 197 g/mol. The molecule has 0 aromatic carbocycles. The molecule has 8 heavy (non-hydrogen) atoms. The summed E-state index contributed by atoms with van der Waals surface area (Å²) in [5.41, 5.74) is 0. The molecule has 49 valence electrons. The molecule has 0 bridgehead atoms. The molecule has 0 aromatic heterocycles. The minimum Gasteiger partial charge on any atom is -0.545 e. The Balaban J connectivity index is -0.00000000500. The normalized spacial score (nSPS) is 1.25. The molecule has 5 heteroatoms. The molecule has 0 fully saturated rings. The maximum absolute atomic E-state index is 7.75. The second-order valence-corrected chi connectivity index (χ2v) is 0. The third-order valence-electron chi connectivity index (χ3n) is 0. The Labute approximate surface area is 68.8 Å². The van der Waals surface area contributed by atoms with Crippen LogP contribution in [0.5, 0.6) is 0 Å². The van der Waals surface area contributed by atoms with Gasteiger partial charge >= 0.3 is 17.1 Å². The summed E-state index contributed by atoms with van der Waals surface area (Å²) < 4.78 is 0. The molecule has 0 saturated carbocycles. The maximum atomic E-state index is 7.75. The topological polar surface area (TPSA) is 57.9 Å². The number of nitrogens with zero attached hydrogens (tertiary/aromatic N) is 1. The van der Waals surface area contributed by atoms with Gasteiger partial charge in [-0.1, -0.05) is 0 Å². The Morgan fingerprint density at radius 1 is 1.00 bits per heavy atom. The van der Waals surface area contributed by atoms with Crippen LogP contribution in [0.15, 0.2) is 0 Å². The second kappa shape index (κ2) is 9480. The molecule has 0 N–H and O–H groups in total. The van der Waals surface area contributed by atoms with Crippen LogP contribution in [0.1, 0.15) is 0 Å². The Kier molecular flexibility index (Phi) is 53800. The molecule has 1 radical (unpaired) electrons. The molecule has 0 aliphatic heterocycles. The smallest absolute Gasteiger partial charge is 0.545 e. The number of carbonyl (C=O) groups excluding carboxylic acids is 2. The SMILES string of the molecule is [C-]#N.[CH-]=O.[CH-]=O.[Fe+3].[Ni]. The van der Waals surface area contributed by atoms with Crippen LogP contribution in [-0.2, 0) is 43.1 Å². The van der Waals surface area contributed by atoms with E-state index in [9.17, 15) is 0 Å². The predicted octanol–water partition coefficient (Wildman–Crippen LogP) is -0.457. The van der Waals surface area contributed by atoms with Crippen molar-refractivity contribution in [1.82, 2.24) is 0 Å². The number of rotatable bonds is 0. The van der Waals surface area contributed by atoms with E-state index >= 15 is 0 Å². The fourth-order valence-electron chi connectivity index (χ4n) is 0. The van der Waals surface area contributed by atoms with E-state index in [1.807, 2.05) is 0 Å². The van der Waals surface area contributed by atoms with Gasteiger partial charge in [-0.25, -0.2) is 0 Å². The quantitative estimate of drug-likeness (QED) is 0.301. The van der Waals surface area contributed by atoms with Crippen molar-refractivity contribution >= 4 is 13.6 Å². The van der Waals surface area contributed by atoms with Gasteiger partial charge in [0.25, 0.3) is 0 Å². The molecule has 0 atom stereocenters. The molecule has 0 aromatic rings. The Morgan fingerprint density at radius 3 is 1.00 bits per heavy atom. The molecule has 0 aliphatic rings. The van der Waals surface area contributed by atoms with Crippen LogP contribution in [-0.4, -0.2) is 13.6 Å². The molecular formula is C3H2FeNNiO2. The van der Waals surface area contributed by atoms with Crippen LogP contribution in [0.4, 0.5) is 0 Å². The van der Waals surface area contributed by atoms with Gasteiger partial charge in [0.15, 0.2) is 0 Å². The average Bonchev–Trinajstić information content (AvgIpc) is 1.81. The zero-order valence-electron chi connectivity index (χ0n) is 3.59. The summed E-state index contributed by atoms with van der Waals surface area (Å²) in [5.74, 6) is 0. The molecule has 0 amide bonds. The van der Waals surface area contributed by atoms with Crippen molar-refractivity contribution in [3.05, 3.63) is 6.57 Å². The van der Waals surface area contributed by atoms with Crippen LogP contribution in [0, 0.1) is 11.8 Å². The van der Waals surface area contributed by atoms with Gasteiger partial charge in [0.1, 0.15) is 0 Å². The summed E-state index contributed by atoms with van der Waals surface area (Å²) >= 11 is 0. The Bertz CT molecular complexity index is 33.7. The summed E-state index contributed by atoms with van der Waals surface area (Å²) in [4.78, 5) is 15.5. The van der Waals surface area contributed by atoms with Crippen molar-refractivity contribution < 1.29 is 43.1 Å². The molecule has 0 rings (SSSR count). The second-order valence-electron chi connectivity index (χ2n) is 0. The van der Waals surface area contributed by atoms with Crippen LogP contribution in [0.2, 0.25) is 0 Å². The van der Waals surface area contributed by atoms with Gasteiger partial charge in [0, 0.05) is 16.5 Å². The first kappa shape index (κ1) is 45.4. The Morgan fingerprint density at radius 2 is 1.00 bits per heavy atom. The van der Waals surface area contributed by atoms with Gasteiger partial charge < -0.3 is 21.4 Å². The van der Waals surface area contributed by atoms with Crippen LogP contribution >= 0.6 is 0 Å². The van der Waals surface area contributed by atoms with Gasteiger partial charge in [-0.15, -0.1) is 0 Å². The van der Waals surface area contributed by atoms with E-state index in [0.717, 1.165) is 0 Å². The molecule has 0 aliphatic carbocycles. The van der Waals surface area contributed by atoms with Crippen LogP contribution in [0.3, 0.4) is 0 Å². The van der Waals surface area contributed by atoms with Crippen LogP contribution < -0.4 is 0 Å². The van der Waals surface area contributed by atoms with Crippen molar-refractivity contribution in [2.24, 2.45) is 0 Å². The van der Waals surface area contributed by atoms with E-state index in [1.165, 1.54) is 0 Å². The predicted molar refractivity (Wildman–Crippen MR) is 18.5 cm³/mol. The van der Waals surface area contributed by atoms with Crippen molar-refractivity contribution in [2.75, 3.05) is 0 Å². The fraction of sp³-hybridized carbons (Fsp3) is 0. The molecule has 0 unspecified atom stereocenters. The first-order valence-corrected chi connectivity index (χ1v) is 0.695. The van der Waals surface area contributed by atoms with Gasteiger partial charge in [0.2, 0.25) is 0 Å². The van der Waals surface area contributed by atoms with Crippen molar-refractivity contribution in [3.63, 3.8) is 0 Å². The van der Waals surface area contributed by atoms with E-state index in [0.29, 0.717) is 0 Å². The summed E-state index contributed by atoms with van der Waals surface area (Å²) in [6, 6.07) is 0. The van der Waals surface area contributed by atoms with Gasteiger partial charge in [0.05, 0.1) is 0 Å². The van der Waals surface area contributed by atoms with Crippen LogP contribution in [0.25, 0.3) is 0 Å². The monoisotopic (exact) mass is 198 g/mol. The van der Waals surface area contributed by atoms with Gasteiger partial charge in [-0.3, -0.25) is 13.6 Å². The summed E-state index contributed by atoms with van der Waals surface area (Å²) in [6.07, 6.45) is 0. The molecule has 0 heterocycles. The van der Waals surface area contributed by atoms with Gasteiger partial charge in [-0.05, 0) is 0 Å². The van der Waals surface area contributed by atoms with E-state index in [4.69, 9.17) is 21.4 Å². The minimum absolute atomic E-state index is 0. The van der Waals surface area contributed by atoms with E-state index in [-0.39, 0.29) is 33.6 Å². The number of hydrogen-bond acceptors (Lipinski definition) is 3. The zero-order chi connectivity index (χ0) is 6.00. The standard InChI is InChI=1S/CN.2CHO.Fe.Ni/c3*1-2;;/h;2*1H;;/q3*-1;+3;. The minimum atomic E-state index is 0. The third-order valence-corrected chi connectivity index (χ3v) is 0. The van der Waals surface area contributed by atoms with Crippen molar-refractivity contribution in [3.8, 4) is 0 Å². The van der Waals surface area contributed by atoms with Gasteiger partial charge in [-0.2, -0.15) is 0 Å². The molecule has 0 saturated heterocycles. The van der Waals surface area contributed by atoms with Crippen molar-refractivity contribution in [1.29, 1.82) is 5.26 Å². The van der Waals surface area contributed by atoms with E-state index < -0.39 is 0 Å².